The van der Waals surface area contributed by atoms with Crippen molar-refractivity contribution in [3.63, 3.8) is 0 Å². The molecular weight excluding hydrogens is 498 g/mol. The van der Waals surface area contributed by atoms with Gasteiger partial charge in [-0.05, 0) is 53.1 Å². The van der Waals surface area contributed by atoms with Crippen LogP contribution >= 0.6 is 0 Å². The van der Waals surface area contributed by atoms with Crippen LogP contribution in [0.5, 0.6) is 5.75 Å². The van der Waals surface area contributed by atoms with Gasteiger partial charge in [0.1, 0.15) is 5.75 Å². The van der Waals surface area contributed by atoms with Crippen LogP contribution in [-0.4, -0.2) is 63.2 Å². The highest BCUT2D eigenvalue weighted by atomic mass is 16.5. The van der Waals surface area contributed by atoms with E-state index in [9.17, 15) is 5.11 Å². The number of nitrogens with zero attached hydrogens (tertiary/aromatic N) is 4. The third kappa shape index (κ3) is 4.36. The van der Waals surface area contributed by atoms with E-state index in [4.69, 9.17) is 4.74 Å². The maximum Gasteiger partial charge on any atom is 0.120 e. The maximum atomic E-state index is 10.6. The second kappa shape index (κ2) is 10.2. The molecule has 2 aliphatic rings. The zero-order valence-electron chi connectivity index (χ0n) is 22.6. The fourth-order valence-corrected chi connectivity index (χ4v) is 6.75. The lowest BCUT2D eigenvalue weighted by molar-refractivity contribution is -0.0119. The summed E-state index contributed by atoms with van der Waals surface area (Å²) in [6, 6.07) is 25.1. The molecule has 2 aromatic carbocycles. The lowest BCUT2D eigenvalue weighted by Crippen LogP contribution is -2.65. The molecule has 1 fully saturated rings. The van der Waals surface area contributed by atoms with Gasteiger partial charge >= 0.3 is 0 Å². The van der Waals surface area contributed by atoms with Gasteiger partial charge in [0, 0.05) is 85.0 Å². The molecule has 0 saturated carbocycles. The Bertz CT molecular complexity index is 1610. The van der Waals surface area contributed by atoms with Crippen LogP contribution in [-0.2, 0) is 18.5 Å². The normalized spacial score (nSPS) is 18.5. The van der Waals surface area contributed by atoms with Crippen LogP contribution in [0.25, 0.3) is 22.2 Å². The summed E-state index contributed by atoms with van der Waals surface area (Å²) in [5.41, 5.74) is 8.17. The number of aliphatic hydroxyl groups excluding tert-OH is 1. The summed E-state index contributed by atoms with van der Waals surface area (Å²) in [5, 5.41) is 11.8. The Morgan fingerprint density at radius 1 is 0.925 bits per heavy atom. The second-order valence-electron chi connectivity index (χ2n) is 11.1. The molecule has 0 bridgehead atoms. The Morgan fingerprint density at radius 2 is 1.73 bits per heavy atom. The fraction of sp³-hybridized carbons (Fsp3) is 0.273. The lowest BCUT2D eigenvalue weighted by Gasteiger charge is -2.56. The van der Waals surface area contributed by atoms with E-state index < -0.39 is 0 Å². The number of aromatic nitrogens is 3. The predicted molar refractivity (Wildman–Crippen MR) is 156 cm³/mol. The zero-order chi connectivity index (χ0) is 27.1. The molecule has 2 aliphatic heterocycles. The van der Waals surface area contributed by atoms with Gasteiger partial charge < -0.3 is 14.8 Å². The standard InChI is InChI=1S/C33H33N5O2/c1-40-26-9-10-27-29(16-26)36-32-30(19-39)38(18-24-11-14-34-15-12-24)22-33(31(27)32)20-37(21-33)17-23-5-7-25(8-6-23)28-4-2-3-13-35-28/h2-16,30,36,39H,17-22H2,1H3/t30-/m0/s1. The van der Waals surface area contributed by atoms with E-state index >= 15 is 0 Å². The highest BCUT2D eigenvalue weighted by Gasteiger charge is 2.52. The van der Waals surface area contributed by atoms with Gasteiger partial charge in [-0.3, -0.25) is 19.8 Å². The Labute approximate surface area is 234 Å². The molecule has 7 nitrogen and oxygen atoms in total. The van der Waals surface area contributed by atoms with E-state index in [1.807, 2.05) is 42.9 Å². The van der Waals surface area contributed by atoms with Crippen LogP contribution in [0.2, 0.25) is 0 Å². The lowest BCUT2D eigenvalue weighted by atomic mass is 9.68. The number of methoxy groups -OCH3 is 1. The third-order valence-corrected chi connectivity index (χ3v) is 8.53. The monoisotopic (exact) mass is 531 g/mol. The number of ether oxygens (including phenoxy) is 1. The molecule has 0 unspecified atom stereocenters. The summed E-state index contributed by atoms with van der Waals surface area (Å²) in [6.45, 7) is 4.55. The molecule has 0 amide bonds. The van der Waals surface area contributed by atoms with Gasteiger partial charge in [-0.15, -0.1) is 0 Å². The molecule has 1 saturated heterocycles. The summed E-state index contributed by atoms with van der Waals surface area (Å²) in [5.74, 6) is 0.832. The Morgan fingerprint density at radius 3 is 2.45 bits per heavy atom. The number of nitrogens with one attached hydrogen (secondary N) is 1. The summed E-state index contributed by atoms with van der Waals surface area (Å²) < 4.78 is 5.52. The molecule has 1 spiro atoms. The van der Waals surface area contributed by atoms with Crippen molar-refractivity contribution in [2.75, 3.05) is 33.4 Å². The zero-order valence-corrected chi connectivity index (χ0v) is 22.6. The third-order valence-electron chi connectivity index (χ3n) is 8.53. The molecule has 5 heterocycles. The number of pyridine rings is 2. The van der Waals surface area contributed by atoms with Gasteiger partial charge in [0.05, 0.1) is 25.5 Å². The van der Waals surface area contributed by atoms with Gasteiger partial charge in [0.15, 0.2) is 0 Å². The first-order valence-corrected chi connectivity index (χ1v) is 13.8. The molecule has 2 N–H and O–H groups in total. The number of likely N-dealkylation sites (tertiary alicyclic amines) is 1. The van der Waals surface area contributed by atoms with Gasteiger partial charge in [-0.2, -0.15) is 0 Å². The summed E-state index contributed by atoms with van der Waals surface area (Å²) in [7, 11) is 1.70. The minimum Gasteiger partial charge on any atom is -0.497 e. The van der Waals surface area contributed by atoms with Gasteiger partial charge in [0.2, 0.25) is 0 Å². The summed E-state index contributed by atoms with van der Waals surface area (Å²) >= 11 is 0. The van der Waals surface area contributed by atoms with Crippen molar-refractivity contribution < 1.29 is 9.84 Å². The van der Waals surface area contributed by atoms with Crippen molar-refractivity contribution in [1.29, 1.82) is 0 Å². The van der Waals surface area contributed by atoms with Gasteiger partial charge in [-0.25, -0.2) is 0 Å². The van der Waals surface area contributed by atoms with Crippen LogP contribution in [0, 0.1) is 0 Å². The first-order chi connectivity index (χ1) is 19.7. The first kappa shape index (κ1) is 25.0. The largest absolute Gasteiger partial charge is 0.497 e. The molecule has 40 heavy (non-hydrogen) atoms. The van der Waals surface area contributed by atoms with E-state index in [2.05, 4.69) is 73.3 Å². The average molecular weight is 532 g/mol. The van der Waals surface area contributed by atoms with Crippen molar-refractivity contribution in [2.45, 2.75) is 24.5 Å². The quantitative estimate of drug-likeness (QED) is 0.310. The topological polar surface area (TPSA) is 77.5 Å². The predicted octanol–water partition coefficient (Wildman–Crippen LogP) is 4.94. The fourth-order valence-electron chi connectivity index (χ4n) is 6.75. The van der Waals surface area contributed by atoms with Crippen molar-refractivity contribution in [2.24, 2.45) is 0 Å². The second-order valence-corrected chi connectivity index (χ2v) is 11.1. The van der Waals surface area contributed by atoms with E-state index in [0.717, 1.165) is 60.9 Å². The van der Waals surface area contributed by atoms with Crippen LogP contribution in [0.1, 0.15) is 28.4 Å². The minimum atomic E-state index is -0.0969. The molecule has 5 aromatic rings. The molecule has 7 rings (SSSR count). The Hall–Kier alpha value is -4.04. The number of aromatic amines is 1. The van der Waals surface area contributed by atoms with E-state index in [1.54, 1.807) is 7.11 Å². The Kier molecular flexibility index (Phi) is 6.35. The van der Waals surface area contributed by atoms with Crippen molar-refractivity contribution >= 4 is 10.9 Å². The first-order valence-electron chi connectivity index (χ1n) is 13.8. The smallest absolute Gasteiger partial charge is 0.120 e. The maximum absolute atomic E-state index is 10.6. The number of fused-ring (bicyclic) bond motifs is 4. The number of hydrogen-bond donors (Lipinski definition) is 2. The van der Waals surface area contributed by atoms with Crippen molar-refractivity contribution in [3.05, 3.63) is 114 Å². The molecule has 3 aromatic heterocycles. The summed E-state index contributed by atoms with van der Waals surface area (Å²) in [4.78, 5) is 17.3. The van der Waals surface area contributed by atoms with Crippen LogP contribution in [0.4, 0.5) is 0 Å². The Balaban J connectivity index is 1.19. The van der Waals surface area contributed by atoms with Crippen molar-refractivity contribution in [1.82, 2.24) is 24.8 Å². The van der Waals surface area contributed by atoms with Crippen LogP contribution in [0.15, 0.2) is 91.4 Å². The van der Waals surface area contributed by atoms with Crippen LogP contribution in [0.3, 0.4) is 0 Å². The minimum absolute atomic E-state index is 0.0191. The van der Waals surface area contributed by atoms with Crippen LogP contribution < -0.4 is 4.74 Å². The number of rotatable bonds is 7. The molecule has 7 heteroatoms. The van der Waals surface area contributed by atoms with E-state index in [0.29, 0.717) is 0 Å². The van der Waals surface area contributed by atoms with E-state index in [-0.39, 0.29) is 18.1 Å². The van der Waals surface area contributed by atoms with E-state index in [1.165, 1.54) is 22.1 Å². The molecule has 1 atom stereocenters. The van der Waals surface area contributed by atoms with Gasteiger partial charge in [0.25, 0.3) is 0 Å². The van der Waals surface area contributed by atoms with Gasteiger partial charge in [-0.1, -0.05) is 30.3 Å². The molecule has 0 aliphatic carbocycles. The highest BCUT2D eigenvalue weighted by Crippen LogP contribution is 2.49. The number of hydrogen-bond acceptors (Lipinski definition) is 6. The molecular formula is C33H33N5O2. The number of benzene rings is 2. The summed E-state index contributed by atoms with van der Waals surface area (Å²) in [6.07, 6.45) is 5.52. The highest BCUT2D eigenvalue weighted by molar-refractivity contribution is 5.88. The SMILES string of the molecule is COc1ccc2c3c([nH]c2c1)[C@H](CO)N(Cc1ccncc1)CC31CN(Cc2ccc(-c3ccccn3)cc2)C1. The number of H-pyrrole nitrogens is 1. The van der Waals surface area contributed by atoms with Crippen molar-refractivity contribution in [3.8, 4) is 17.0 Å². The average Bonchev–Trinajstić information content (AvgIpc) is 3.37. The number of aliphatic hydroxyl groups is 1. The molecule has 202 valence electrons. The molecule has 0 radical (unpaired) electrons.